The van der Waals surface area contributed by atoms with Crippen molar-refractivity contribution in [3.05, 3.63) is 23.8 Å². The minimum Gasteiger partial charge on any atom is -0.370 e. The second-order valence-electron chi connectivity index (χ2n) is 5.60. The molecule has 9 heteroatoms. The van der Waals surface area contributed by atoms with Crippen molar-refractivity contribution >= 4 is 39.6 Å². The molecule has 0 aliphatic carbocycles. The number of halogens is 1. The quantitative estimate of drug-likeness (QED) is 0.303. The molecule has 0 amide bonds. The number of hydrogen-bond acceptors (Lipinski definition) is 6. The van der Waals surface area contributed by atoms with E-state index in [-0.39, 0.29) is 5.88 Å². The first-order valence-electron chi connectivity index (χ1n) is 9.98. The van der Waals surface area contributed by atoms with Crippen molar-refractivity contribution in [2.45, 2.75) is 47.4 Å². The van der Waals surface area contributed by atoms with Crippen LogP contribution in [0.1, 0.15) is 47.1 Å². The maximum absolute atomic E-state index is 6.33. The lowest BCUT2D eigenvalue weighted by molar-refractivity contribution is 0.0805. The van der Waals surface area contributed by atoms with Crippen molar-refractivity contribution < 1.29 is 26.6 Å². The van der Waals surface area contributed by atoms with Crippen molar-refractivity contribution in [1.82, 2.24) is 0 Å². The Labute approximate surface area is 177 Å². The highest BCUT2D eigenvalue weighted by Crippen LogP contribution is 2.19. The van der Waals surface area contributed by atoms with E-state index in [0.29, 0.717) is 44.8 Å². The first-order chi connectivity index (χ1) is 13.5. The molecule has 0 spiro atoms. The van der Waals surface area contributed by atoms with Crippen molar-refractivity contribution in [2.75, 3.05) is 39.6 Å². The fraction of sp³-hybridized carbons (Fsp3) is 0.684. The molecule has 0 saturated carbocycles. The summed E-state index contributed by atoms with van der Waals surface area (Å²) >= 11 is 6.33. The first kappa shape index (κ1) is 25.7. The van der Waals surface area contributed by atoms with Crippen LogP contribution in [0.3, 0.4) is 0 Å². The van der Waals surface area contributed by atoms with Gasteiger partial charge in [0.2, 0.25) is 0 Å². The number of hydrogen-bond donors (Lipinski definition) is 0. The molecule has 6 nitrogen and oxygen atoms in total. The van der Waals surface area contributed by atoms with E-state index < -0.39 is 17.6 Å². The van der Waals surface area contributed by atoms with Crippen LogP contribution in [0.4, 0.5) is 0 Å². The fourth-order valence-electron chi connectivity index (χ4n) is 3.07. The molecular formula is C19H34ClO6Si2. The van der Waals surface area contributed by atoms with Crippen LogP contribution in [0.15, 0.2) is 12.1 Å². The van der Waals surface area contributed by atoms with Gasteiger partial charge in [-0.1, -0.05) is 12.1 Å². The second-order valence-corrected chi connectivity index (χ2v) is 10.8. The fourth-order valence-corrected chi connectivity index (χ4v) is 9.64. The molecule has 0 N–H and O–H groups in total. The Hall–Kier alpha value is -0.296. The molecule has 0 aliphatic heterocycles. The van der Waals surface area contributed by atoms with E-state index in [1.54, 1.807) is 0 Å². The molecule has 1 aromatic rings. The lowest BCUT2D eigenvalue weighted by Crippen LogP contribution is -2.71. The Morgan fingerprint density at radius 3 is 1.46 bits per heavy atom. The third-order valence-corrected chi connectivity index (χ3v) is 10.6. The third kappa shape index (κ3) is 5.87. The van der Waals surface area contributed by atoms with Gasteiger partial charge in [-0.15, -0.1) is 11.6 Å². The Bertz CT molecular complexity index is 541. The summed E-state index contributed by atoms with van der Waals surface area (Å²) < 4.78 is 37.0. The van der Waals surface area contributed by atoms with Crippen molar-refractivity contribution in [3.63, 3.8) is 0 Å². The predicted molar refractivity (Wildman–Crippen MR) is 115 cm³/mol. The van der Waals surface area contributed by atoms with Gasteiger partial charge in [0.1, 0.15) is 0 Å². The molecule has 0 fully saturated rings. The Morgan fingerprint density at radius 2 is 1.11 bits per heavy atom. The Balaban J connectivity index is 3.84. The second kappa shape index (κ2) is 13.1. The highest BCUT2D eigenvalue weighted by Gasteiger charge is 2.54. The van der Waals surface area contributed by atoms with Crippen LogP contribution in [-0.4, -0.2) is 57.3 Å². The standard InChI is InChI=1S/C19H34ClO6Si2/c1-7-21-27(22-8-2,23-9-3)18-15-13-14-17(16-20)19(18)28(24-10-4,25-11-5)26-12-6/h13-14H,7-12,16H2,1-6H3. The molecular weight excluding hydrogens is 416 g/mol. The van der Waals surface area contributed by atoms with Gasteiger partial charge in [-0.3, -0.25) is 0 Å². The van der Waals surface area contributed by atoms with E-state index in [1.807, 2.05) is 53.7 Å². The van der Waals surface area contributed by atoms with E-state index >= 15 is 0 Å². The van der Waals surface area contributed by atoms with Gasteiger partial charge in [-0.05, 0) is 53.2 Å². The zero-order valence-corrected chi connectivity index (χ0v) is 20.7. The van der Waals surface area contributed by atoms with E-state index in [1.165, 1.54) is 0 Å². The zero-order valence-electron chi connectivity index (χ0n) is 17.9. The van der Waals surface area contributed by atoms with Gasteiger partial charge in [0, 0.05) is 55.9 Å². The highest BCUT2D eigenvalue weighted by atomic mass is 35.5. The summed E-state index contributed by atoms with van der Waals surface area (Å²) in [5.74, 6) is 0.272. The third-order valence-electron chi connectivity index (χ3n) is 3.85. The van der Waals surface area contributed by atoms with E-state index in [2.05, 4.69) is 6.07 Å². The zero-order chi connectivity index (χ0) is 21.0. The molecule has 0 saturated heterocycles. The summed E-state index contributed by atoms with van der Waals surface area (Å²) in [6, 6.07) is 7.04. The number of alkyl halides is 1. The highest BCUT2D eigenvalue weighted by molar-refractivity contribution is 6.86. The number of rotatable bonds is 15. The molecule has 161 valence electrons. The topological polar surface area (TPSA) is 55.4 Å². The smallest absolute Gasteiger partial charge is 0.370 e. The summed E-state index contributed by atoms with van der Waals surface area (Å²) in [7, 11) is -6.58. The first-order valence-corrected chi connectivity index (χ1v) is 14.0. The van der Waals surface area contributed by atoms with Crippen LogP contribution < -0.4 is 10.4 Å². The van der Waals surface area contributed by atoms with Gasteiger partial charge in [0.05, 0.1) is 0 Å². The summed E-state index contributed by atoms with van der Waals surface area (Å²) in [5.41, 5.74) is 0.855. The summed E-state index contributed by atoms with van der Waals surface area (Å²) in [4.78, 5) is 0. The Morgan fingerprint density at radius 1 is 0.714 bits per heavy atom. The molecule has 1 rings (SSSR count). The van der Waals surface area contributed by atoms with E-state index in [9.17, 15) is 0 Å². The molecule has 0 aromatic heterocycles. The lowest BCUT2D eigenvalue weighted by Gasteiger charge is -2.36. The molecule has 1 aromatic carbocycles. The van der Waals surface area contributed by atoms with Crippen LogP contribution >= 0.6 is 11.6 Å². The van der Waals surface area contributed by atoms with Gasteiger partial charge in [0.15, 0.2) is 0 Å². The molecule has 1 radical (unpaired) electrons. The Kier molecular flexibility index (Phi) is 12.0. The SMILES string of the molecule is CCO[Si](OCC)(OCC)c1[c]ccc(CCl)c1[Si](OCC)(OCC)OCC. The average molecular weight is 450 g/mol. The van der Waals surface area contributed by atoms with Crippen LogP contribution in [0.5, 0.6) is 0 Å². The van der Waals surface area contributed by atoms with Crippen molar-refractivity contribution in [1.29, 1.82) is 0 Å². The van der Waals surface area contributed by atoms with Crippen LogP contribution in [0, 0.1) is 6.07 Å². The van der Waals surface area contributed by atoms with Crippen LogP contribution in [-0.2, 0) is 32.4 Å². The summed E-state index contributed by atoms with van der Waals surface area (Å²) in [5, 5.41) is 1.45. The van der Waals surface area contributed by atoms with Crippen LogP contribution in [0.2, 0.25) is 0 Å². The normalized spacial score (nSPS) is 12.5. The average Bonchev–Trinajstić information content (AvgIpc) is 2.68. The van der Waals surface area contributed by atoms with Gasteiger partial charge in [0.25, 0.3) is 0 Å². The maximum Gasteiger partial charge on any atom is 0.537 e. The lowest BCUT2D eigenvalue weighted by atomic mass is 10.2. The van der Waals surface area contributed by atoms with Gasteiger partial charge >= 0.3 is 17.6 Å². The van der Waals surface area contributed by atoms with Gasteiger partial charge in [-0.25, -0.2) is 0 Å². The summed E-state index contributed by atoms with van der Waals surface area (Å²) in [6.45, 7) is 14.2. The van der Waals surface area contributed by atoms with E-state index in [4.69, 9.17) is 38.2 Å². The van der Waals surface area contributed by atoms with Crippen molar-refractivity contribution in [3.8, 4) is 0 Å². The molecule has 0 heterocycles. The van der Waals surface area contributed by atoms with Gasteiger partial charge in [-0.2, -0.15) is 0 Å². The van der Waals surface area contributed by atoms with E-state index in [0.717, 1.165) is 10.8 Å². The minimum atomic E-state index is -3.30. The predicted octanol–water partition coefficient (Wildman–Crippen LogP) is 2.74. The molecule has 0 bridgehead atoms. The van der Waals surface area contributed by atoms with Crippen LogP contribution in [0.25, 0.3) is 0 Å². The molecule has 0 unspecified atom stereocenters. The number of benzene rings is 1. The minimum absolute atomic E-state index is 0.272. The summed E-state index contributed by atoms with van der Waals surface area (Å²) in [6.07, 6.45) is 0. The van der Waals surface area contributed by atoms with Gasteiger partial charge < -0.3 is 26.6 Å². The molecule has 0 aliphatic rings. The maximum atomic E-state index is 6.33. The largest absolute Gasteiger partial charge is 0.537 e. The molecule has 0 atom stereocenters. The van der Waals surface area contributed by atoms with Crippen molar-refractivity contribution in [2.24, 2.45) is 0 Å². The molecule has 28 heavy (non-hydrogen) atoms. The monoisotopic (exact) mass is 449 g/mol.